The second-order valence-electron chi connectivity index (χ2n) is 5.33. The van der Waals surface area contributed by atoms with E-state index in [0.717, 1.165) is 38.5 Å². The molecule has 2 aliphatic rings. The smallest absolute Gasteiger partial charge is 0.308 e. The number of pyridine rings is 1. The lowest BCUT2D eigenvalue weighted by atomic mass is 9.93. The summed E-state index contributed by atoms with van der Waals surface area (Å²) in [7, 11) is 0. The fourth-order valence-electron chi connectivity index (χ4n) is 2.90. The number of aromatic nitrogens is 1. The number of aryl methyl sites for hydroxylation is 1. The van der Waals surface area contributed by atoms with Crippen molar-refractivity contribution in [2.45, 2.75) is 51.0 Å². The van der Waals surface area contributed by atoms with Crippen LogP contribution in [0, 0.1) is 0 Å². The van der Waals surface area contributed by atoms with Crippen molar-refractivity contribution in [1.29, 1.82) is 0 Å². The highest BCUT2D eigenvalue weighted by Gasteiger charge is 2.29. The van der Waals surface area contributed by atoms with E-state index in [2.05, 4.69) is 0 Å². The molecule has 0 aliphatic heterocycles. The summed E-state index contributed by atoms with van der Waals surface area (Å²) >= 11 is 0. The molecular formula is C14H17NO3. The molecule has 4 nitrogen and oxygen atoms in total. The number of aliphatic carboxylic acids is 1. The second-order valence-corrected chi connectivity index (χ2v) is 5.33. The van der Waals surface area contributed by atoms with Crippen molar-refractivity contribution in [3.05, 3.63) is 33.2 Å². The van der Waals surface area contributed by atoms with E-state index in [-0.39, 0.29) is 12.0 Å². The maximum atomic E-state index is 12.4. The number of hydrogen-bond acceptors (Lipinski definition) is 2. The summed E-state index contributed by atoms with van der Waals surface area (Å²) in [6, 6.07) is 2.17. The quantitative estimate of drug-likeness (QED) is 0.884. The summed E-state index contributed by atoms with van der Waals surface area (Å²) in [6.45, 7) is 0. The third-order valence-corrected chi connectivity index (χ3v) is 3.87. The van der Waals surface area contributed by atoms with Crippen LogP contribution in [0.4, 0.5) is 0 Å². The van der Waals surface area contributed by atoms with Gasteiger partial charge in [-0.25, -0.2) is 0 Å². The highest BCUT2D eigenvalue weighted by atomic mass is 16.4. The topological polar surface area (TPSA) is 59.3 Å². The Morgan fingerprint density at radius 3 is 2.72 bits per heavy atom. The lowest BCUT2D eigenvalue weighted by Gasteiger charge is -2.22. The van der Waals surface area contributed by atoms with Gasteiger partial charge in [0.2, 0.25) is 0 Å². The molecule has 0 bridgehead atoms. The van der Waals surface area contributed by atoms with E-state index < -0.39 is 5.97 Å². The van der Waals surface area contributed by atoms with Crippen LogP contribution in [0.15, 0.2) is 10.9 Å². The molecule has 0 saturated heterocycles. The SMILES string of the molecule is O=C(O)Cc1cc2c(n(C3CC3)c1=O)CCCC2. The van der Waals surface area contributed by atoms with Crippen molar-refractivity contribution in [1.82, 2.24) is 4.57 Å². The molecule has 1 saturated carbocycles. The molecule has 0 atom stereocenters. The fraction of sp³-hybridized carbons (Fsp3) is 0.571. The van der Waals surface area contributed by atoms with Crippen LogP contribution in [0.1, 0.15) is 48.5 Å². The van der Waals surface area contributed by atoms with Crippen LogP contribution in [-0.4, -0.2) is 15.6 Å². The number of carboxylic acid groups (broad SMARTS) is 1. The van der Waals surface area contributed by atoms with Crippen molar-refractivity contribution in [3.63, 3.8) is 0 Å². The maximum Gasteiger partial charge on any atom is 0.308 e. The minimum atomic E-state index is -0.926. The van der Waals surface area contributed by atoms with Gasteiger partial charge in [0, 0.05) is 17.3 Å². The highest BCUT2D eigenvalue weighted by Crippen LogP contribution is 2.36. The molecule has 0 unspecified atom stereocenters. The zero-order valence-corrected chi connectivity index (χ0v) is 10.3. The van der Waals surface area contributed by atoms with E-state index in [9.17, 15) is 9.59 Å². The van der Waals surface area contributed by atoms with Crippen molar-refractivity contribution >= 4 is 5.97 Å². The van der Waals surface area contributed by atoms with Crippen molar-refractivity contribution < 1.29 is 9.90 Å². The number of fused-ring (bicyclic) bond motifs is 1. The molecule has 3 rings (SSSR count). The molecule has 1 heterocycles. The second kappa shape index (κ2) is 4.26. The van der Waals surface area contributed by atoms with Gasteiger partial charge in [0.05, 0.1) is 6.42 Å². The Morgan fingerprint density at radius 2 is 2.06 bits per heavy atom. The van der Waals surface area contributed by atoms with Crippen LogP contribution >= 0.6 is 0 Å². The van der Waals surface area contributed by atoms with Gasteiger partial charge in [0.15, 0.2) is 0 Å². The third-order valence-electron chi connectivity index (χ3n) is 3.87. The van der Waals surface area contributed by atoms with Gasteiger partial charge in [-0.3, -0.25) is 9.59 Å². The van der Waals surface area contributed by atoms with Gasteiger partial charge in [-0.2, -0.15) is 0 Å². The Kier molecular flexibility index (Phi) is 2.73. The molecule has 1 aromatic rings. The molecule has 1 fully saturated rings. The lowest BCUT2D eigenvalue weighted by Crippen LogP contribution is -2.30. The van der Waals surface area contributed by atoms with Crippen molar-refractivity contribution in [3.8, 4) is 0 Å². The standard InChI is InChI=1S/C14H17NO3/c16-13(17)8-10-7-9-3-1-2-4-12(9)15(14(10)18)11-5-6-11/h7,11H,1-6,8H2,(H,16,17). The summed E-state index contributed by atoms with van der Waals surface area (Å²) in [5, 5.41) is 8.89. The van der Waals surface area contributed by atoms with Gasteiger partial charge in [-0.1, -0.05) is 0 Å². The predicted octanol–water partition coefficient (Wildman–Crippen LogP) is 1.69. The molecule has 1 aromatic heterocycles. The molecule has 1 N–H and O–H groups in total. The number of carbonyl (C=O) groups is 1. The first-order valence-electron chi connectivity index (χ1n) is 6.65. The predicted molar refractivity (Wildman–Crippen MR) is 67.0 cm³/mol. The summed E-state index contributed by atoms with van der Waals surface area (Å²) in [5.41, 5.74) is 2.75. The van der Waals surface area contributed by atoms with E-state index >= 15 is 0 Å². The van der Waals surface area contributed by atoms with E-state index in [0.29, 0.717) is 11.6 Å². The first kappa shape index (κ1) is 11.5. The first-order chi connectivity index (χ1) is 8.66. The molecule has 0 aromatic carbocycles. The fourth-order valence-corrected chi connectivity index (χ4v) is 2.90. The summed E-state index contributed by atoms with van der Waals surface area (Å²) in [4.78, 5) is 23.2. The number of rotatable bonds is 3. The van der Waals surface area contributed by atoms with E-state index in [1.54, 1.807) is 0 Å². The summed E-state index contributed by atoms with van der Waals surface area (Å²) < 4.78 is 1.90. The number of hydrogen-bond donors (Lipinski definition) is 1. The Balaban J connectivity index is 2.14. The van der Waals surface area contributed by atoms with Gasteiger partial charge in [-0.15, -0.1) is 0 Å². The van der Waals surface area contributed by atoms with Crippen LogP contribution in [0.25, 0.3) is 0 Å². The normalized spacial score (nSPS) is 18.4. The van der Waals surface area contributed by atoms with Crippen LogP contribution in [0.5, 0.6) is 0 Å². The molecule has 2 aliphatic carbocycles. The van der Waals surface area contributed by atoms with Gasteiger partial charge in [0.1, 0.15) is 0 Å². The van der Waals surface area contributed by atoms with Crippen LogP contribution in [0.2, 0.25) is 0 Å². The maximum absolute atomic E-state index is 12.4. The molecule has 0 amide bonds. The van der Waals surface area contributed by atoms with Gasteiger partial charge >= 0.3 is 5.97 Å². The largest absolute Gasteiger partial charge is 0.481 e. The lowest BCUT2D eigenvalue weighted by molar-refractivity contribution is -0.136. The Bertz CT molecular complexity index is 555. The molecule has 4 heteroatoms. The van der Waals surface area contributed by atoms with Crippen LogP contribution < -0.4 is 5.56 Å². The first-order valence-corrected chi connectivity index (χ1v) is 6.65. The zero-order valence-electron chi connectivity index (χ0n) is 10.3. The highest BCUT2D eigenvalue weighted by molar-refractivity contribution is 5.70. The van der Waals surface area contributed by atoms with E-state index in [1.165, 1.54) is 11.3 Å². The Hall–Kier alpha value is -1.58. The molecule has 0 radical (unpaired) electrons. The van der Waals surface area contributed by atoms with Gasteiger partial charge in [-0.05, 0) is 50.2 Å². The Labute approximate surface area is 105 Å². The zero-order chi connectivity index (χ0) is 12.7. The van der Waals surface area contributed by atoms with Crippen LogP contribution in [-0.2, 0) is 24.1 Å². The average molecular weight is 247 g/mol. The minimum Gasteiger partial charge on any atom is -0.481 e. The molecule has 0 spiro atoms. The van der Waals surface area contributed by atoms with E-state index in [4.69, 9.17) is 5.11 Å². The minimum absolute atomic E-state index is 0.0689. The Morgan fingerprint density at radius 1 is 1.33 bits per heavy atom. The average Bonchev–Trinajstić information content (AvgIpc) is 3.14. The van der Waals surface area contributed by atoms with Crippen LogP contribution in [0.3, 0.4) is 0 Å². The van der Waals surface area contributed by atoms with E-state index in [1.807, 2.05) is 10.6 Å². The molecular weight excluding hydrogens is 230 g/mol. The summed E-state index contributed by atoms with van der Waals surface area (Å²) in [5.74, 6) is -0.926. The van der Waals surface area contributed by atoms with Gasteiger partial charge in [0.25, 0.3) is 5.56 Å². The molecule has 18 heavy (non-hydrogen) atoms. The van der Waals surface area contributed by atoms with Gasteiger partial charge < -0.3 is 9.67 Å². The third kappa shape index (κ3) is 1.96. The number of nitrogens with zero attached hydrogens (tertiary/aromatic N) is 1. The van der Waals surface area contributed by atoms with Crippen molar-refractivity contribution in [2.24, 2.45) is 0 Å². The summed E-state index contributed by atoms with van der Waals surface area (Å²) in [6.07, 6.45) is 6.19. The van der Waals surface area contributed by atoms with Crippen molar-refractivity contribution in [2.75, 3.05) is 0 Å². The molecule has 96 valence electrons. The number of carboxylic acids is 1. The monoisotopic (exact) mass is 247 g/mol.